The summed E-state index contributed by atoms with van der Waals surface area (Å²) < 4.78 is 14.5. The number of benzene rings is 8. The first kappa shape index (κ1) is 37.2. The number of aromatic nitrogens is 1. The number of hydrogen-bond acceptors (Lipinski definition) is 4. The minimum absolute atomic E-state index is 0.0479. The summed E-state index contributed by atoms with van der Waals surface area (Å²) in [5, 5.41) is 14.2. The Hall–Kier alpha value is -6.34. The van der Waals surface area contributed by atoms with Gasteiger partial charge in [-0.2, -0.15) is 0 Å². The van der Waals surface area contributed by atoms with Gasteiger partial charge in [-0.1, -0.05) is 108 Å². The van der Waals surface area contributed by atoms with Gasteiger partial charge in [0.2, 0.25) is 0 Å². The Balaban J connectivity index is 1.13. The quantitative estimate of drug-likeness (QED) is 0.180. The van der Waals surface area contributed by atoms with Crippen molar-refractivity contribution in [1.82, 2.24) is 4.57 Å². The van der Waals surface area contributed by atoms with Gasteiger partial charge in [0, 0.05) is 96.1 Å². The SMILES string of the molecule is Cc1cc(-c2cc3c(cc2Nc2ccc(C(C)(C)C)cc2)sc2ccc(C(C)(C)C)cc23)c2c3c1c1cc4c(cc1n3-c1cc3c(cc1B2)sc1ccccc13)oc1ccccc14. The number of nitrogens with zero attached hydrogens (tertiary/aromatic N) is 1. The van der Waals surface area contributed by atoms with Gasteiger partial charge in [-0.3, -0.25) is 0 Å². The van der Waals surface area contributed by atoms with E-state index in [0.29, 0.717) is 0 Å². The van der Waals surface area contributed by atoms with E-state index in [0.717, 1.165) is 40.6 Å². The highest BCUT2D eigenvalue weighted by atomic mass is 32.1. The summed E-state index contributed by atoms with van der Waals surface area (Å²) in [4.78, 5) is 0. The van der Waals surface area contributed by atoms with Crippen molar-refractivity contribution in [1.29, 1.82) is 0 Å². The van der Waals surface area contributed by atoms with Crippen LogP contribution in [0.5, 0.6) is 0 Å². The molecule has 1 aliphatic heterocycles. The van der Waals surface area contributed by atoms with Crippen molar-refractivity contribution in [2.45, 2.75) is 59.3 Å². The first-order valence-corrected chi connectivity index (χ1v) is 23.7. The van der Waals surface area contributed by atoms with Crippen LogP contribution in [-0.2, 0) is 10.8 Å². The molecule has 3 nitrogen and oxygen atoms in total. The number of hydrogen-bond donors (Lipinski definition) is 1. The van der Waals surface area contributed by atoms with Crippen molar-refractivity contribution in [3.05, 3.63) is 150 Å². The van der Waals surface area contributed by atoms with E-state index in [1.165, 1.54) is 107 Å². The number of thiophene rings is 2. The predicted octanol–water partition coefficient (Wildman–Crippen LogP) is 15.4. The van der Waals surface area contributed by atoms with E-state index in [1.54, 1.807) is 0 Å². The number of anilines is 2. The molecule has 0 saturated carbocycles. The van der Waals surface area contributed by atoms with Gasteiger partial charge in [0.1, 0.15) is 11.2 Å². The summed E-state index contributed by atoms with van der Waals surface area (Å²) in [6.45, 7) is 16.1. The van der Waals surface area contributed by atoms with Crippen LogP contribution in [0, 0.1) is 6.92 Å². The van der Waals surface area contributed by atoms with Crippen LogP contribution >= 0.6 is 22.7 Å². The molecule has 8 aromatic carbocycles. The maximum atomic E-state index is 6.61. The molecule has 1 aliphatic rings. The maximum absolute atomic E-state index is 6.61. The van der Waals surface area contributed by atoms with Crippen LogP contribution in [0.25, 0.3) is 101 Å². The van der Waals surface area contributed by atoms with Crippen molar-refractivity contribution in [3.63, 3.8) is 0 Å². The molecule has 0 atom stereocenters. The van der Waals surface area contributed by atoms with Gasteiger partial charge in [0.15, 0.2) is 7.28 Å². The van der Waals surface area contributed by atoms with Crippen LogP contribution < -0.4 is 16.2 Å². The number of aryl methyl sites for hydroxylation is 1. The number of fused-ring (bicyclic) bond motifs is 14. The molecule has 304 valence electrons. The van der Waals surface area contributed by atoms with Crippen LogP contribution in [0.2, 0.25) is 0 Å². The van der Waals surface area contributed by atoms with E-state index in [2.05, 4.69) is 192 Å². The molecule has 6 heteroatoms. The summed E-state index contributed by atoms with van der Waals surface area (Å²) in [6, 6.07) is 50.5. The van der Waals surface area contributed by atoms with Gasteiger partial charge in [-0.15, -0.1) is 22.7 Å². The lowest BCUT2D eigenvalue weighted by molar-refractivity contribution is 0.590. The van der Waals surface area contributed by atoms with Crippen LogP contribution in [0.1, 0.15) is 58.2 Å². The number of nitrogens with one attached hydrogen (secondary N) is 1. The Labute approximate surface area is 374 Å². The molecule has 0 spiro atoms. The van der Waals surface area contributed by atoms with Gasteiger partial charge in [0.25, 0.3) is 0 Å². The summed E-state index contributed by atoms with van der Waals surface area (Å²) >= 11 is 3.79. The molecule has 63 heavy (non-hydrogen) atoms. The van der Waals surface area contributed by atoms with Crippen LogP contribution in [0.3, 0.4) is 0 Å². The molecular weight excluding hydrogens is 804 g/mol. The van der Waals surface area contributed by atoms with E-state index < -0.39 is 0 Å². The Bertz CT molecular complexity index is 3940. The Morgan fingerprint density at radius 1 is 0.540 bits per heavy atom. The van der Waals surface area contributed by atoms with Gasteiger partial charge < -0.3 is 14.3 Å². The number of furan rings is 1. The van der Waals surface area contributed by atoms with Crippen LogP contribution in [0.15, 0.2) is 138 Å². The Kier molecular flexibility index (Phi) is 7.61. The summed E-state index contributed by atoms with van der Waals surface area (Å²) in [7, 11) is 0.831. The highest BCUT2D eigenvalue weighted by Crippen LogP contribution is 2.46. The third-order valence-corrected chi connectivity index (χ3v) is 16.1. The van der Waals surface area contributed by atoms with Crippen molar-refractivity contribution in [2.24, 2.45) is 0 Å². The number of para-hydroxylation sites is 1. The zero-order valence-electron chi connectivity index (χ0n) is 36.6. The predicted molar refractivity (Wildman–Crippen MR) is 278 cm³/mol. The minimum atomic E-state index is 0.0479. The molecule has 1 N–H and O–H groups in total. The average molecular weight is 849 g/mol. The molecule has 0 unspecified atom stereocenters. The van der Waals surface area contributed by atoms with E-state index in [4.69, 9.17) is 4.42 Å². The second kappa shape index (κ2) is 12.9. The van der Waals surface area contributed by atoms with Crippen molar-refractivity contribution in [3.8, 4) is 16.8 Å². The summed E-state index contributed by atoms with van der Waals surface area (Å²) in [5.41, 5.74) is 17.1. The van der Waals surface area contributed by atoms with E-state index in [-0.39, 0.29) is 10.8 Å². The largest absolute Gasteiger partial charge is 0.456 e. The molecule has 0 amide bonds. The van der Waals surface area contributed by atoms with Gasteiger partial charge in [-0.05, 0) is 112 Å². The third kappa shape index (κ3) is 5.50. The fourth-order valence-electron chi connectivity index (χ4n) is 10.5. The molecule has 0 saturated heterocycles. The highest BCUT2D eigenvalue weighted by Gasteiger charge is 2.30. The van der Waals surface area contributed by atoms with Crippen molar-refractivity contribution >= 4 is 136 Å². The molecule has 5 heterocycles. The summed E-state index contributed by atoms with van der Waals surface area (Å²) in [6.07, 6.45) is 0. The molecule has 0 fully saturated rings. The monoisotopic (exact) mass is 848 g/mol. The first-order chi connectivity index (χ1) is 30.4. The fraction of sp³-hybridized carbons (Fsp3) is 0.158. The molecule has 0 aliphatic carbocycles. The lowest BCUT2D eigenvalue weighted by Gasteiger charge is -2.25. The topological polar surface area (TPSA) is 30.1 Å². The fourth-order valence-corrected chi connectivity index (χ4v) is 12.8. The van der Waals surface area contributed by atoms with E-state index >= 15 is 0 Å². The Morgan fingerprint density at radius 3 is 2.02 bits per heavy atom. The van der Waals surface area contributed by atoms with Crippen LogP contribution in [-0.4, -0.2) is 11.8 Å². The van der Waals surface area contributed by atoms with Gasteiger partial charge in [-0.25, -0.2) is 0 Å². The molecule has 4 aromatic heterocycles. The Morgan fingerprint density at radius 2 is 1.22 bits per heavy atom. The molecular formula is C57H45BN2OS2. The standard InChI is InChI=1S/C57H45BN2OS2/c1-30-22-41(36-24-39-38-23-32(57(5,6)7)18-21-50(38)63-52(39)28-44(36)59-33-19-16-31(17-20-33)56(2,3)4)54-55-53(30)42-25-37-34-12-8-10-14-47(34)61-48(37)29-45(42)60(55)46-26-40-35-13-9-11-15-49(35)62-51(40)27-43(46)58-54/h8-29,58-59H,1-7H3. The summed E-state index contributed by atoms with van der Waals surface area (Å²) in [5.74, 6) is 0. The van der Waals surface area contributed by atoms with Gasteiger partial charge in [0.05, 0.1) is 5.52 Å². The molecule has 0 bridgehead atoms. The molecule has 12 aromatic rings. The van der Waals surface area contributed by atoms with E-state index in [9.17, 15) is 0 Å². The van der Waals surface area contributed by atoms with E-state index in [1.807, 2.05) is 22.7 Å². The maximum Gasteiger partial charge on any atom is 0.198 e. The lowest BCUT2D eigenvalue weighted by atomic mass is 9.58. The minimum Gasteiger partial charge on any atom is -0.456 e. The van der Waals surface area contributed by atoms with Gasteiger partial charge >= 0.3 is 0 Å². The molecule has 13 rings (SSSR count). The highest BCUT2D eigenvalue weighted by molar-refractivity contribution is 7.26. The zero-order valence-corrected chi connectivity index (χ0v) is 38.2. The first-order valence-electron chi connectivity index (χ1n) is 22.1. The van der Waals surface area contributed by atoms with Crippen molar-refractivity contribution in [2.75, 3.05) is 5.32 Å². The average Bonchev–Trinajstić information content (AvgIpc) is 4.01. The number of rotatable bonds is 3. The zero-order chi connectivity index (χ0) is 42.7. The second-order valence-corrected chi connectivity index (χ2v) is 22.1. The van der Waals surface area contributed by atoms with Crippen LogP contribution in [0.4, 0.5) is 11.4 Å². The molecule has 0 radical (unpaired) electrons. The smallest absolute Gasteiger partial charge is 0.198 e. The second-order valence-electron chi connectivity index (χ2n) is 19.9. The van der Waals surface area contributed by atoms with Crippen molar-refractivity contribution < 1.29 is 4.42 Å². The third-order valence-electron chi connectivity index (χ3n) is 13.8. The lowest BCUT2D eigenvalue weighted by Crippen LogP contribution is -2.37. The normalized spacial score (nSPS) is 13.1.